The van der Waals surface area contributed by atoms with Crippen molar-refractivity contribution in [3.8, 4) is 23.0 Å². The molecule has 21 heavy (non-hydrogen) atoms. The predicted molar refractivity (Wildman–Crippen MR) is 77.4 cm³/mol. The number of hydrogen-bond acceptors (Lipinski definition) is 5. The second kappa shape index (κ2) is 6.17. The van der Waals surface area contributed by atoms with Gasteiger partial charge >= 0.3 is 0 Å². The zero-order valence-corrected chi connectivity index (χ0v) is 11.8. The SMILES string of the molecule is COc1cc(CC(=O)c2ccc(O)c(OC)c2)ccc1O. The van der Waals surface area contributed by atoms with E-state index in [1.807, 2.05) is 0 Å². The number of phenolic OH excluding ortho intramolecular Hbond substituents is 2. The smallest absolute Gasteiger partial charge is 0.167 e. The third-order valence-electron chi connectivity index (χ3n) is 3.11. The lowest BCUT2D eigenvalue weighted by atomic mass is 10.0. The van der Waals surface area contributed by atoms with Crippen LogP contribution in [0.1, 0.15) is 15.9 Å². The van der Waals surface area contributed by atoms with E-state index in [1.54, 1.807) is 12.1 Å². The summed E-state index contributed by atoms with van der Waals surface area (Å²) in [5.74, 6) is 0.467. The lowest BCUT2D eigenvalue weighted by Gasteiger charge is -2.08. The van der Waals surface area contributed by atoms with E-state index in [1.165, 1.54) is 38.5 Å². The molecule has 0 radical (unpaired) electrons. The molecular formula is C16H16O5. The number of aromatic hydroxyl groups is 2. The van der Waals surface area contributed by atoms with Gasteiger partial charge in [0.25, 0.3) is 0 Å². The van der Waals surface area contributed by atoms with Crippen molar-refractivity contribution >= 4 is 5.78 Å². The molecule has 0 aliphatic carbocycles. The Morgan fingerprint density at radius 3 is 2.14 bits per heavy atom. The van der Waals surface area contributed by atoms with Crippen LogP contribution in [0.4, 0.5) is 0 Å². The zero-order chi connectivity index (χ0) is 15.4. The van der Waals surface area contributed by atoms with Gasteiger partial charge in [-0.1, -0.05) is 6.07 Å². The fourth-order valence-corrected chi connectivity index (χ4v) is 1.97. The number of hydrogen-bond donors (Lipinski definition) is 2. The van der Waals surface area contributed by atoms with Crippen molar-refractivity contribution < 1.29 is 24.5 Å². The van der Waals surface area contributed by atoms with Crippen LogP contribution in [0, 0.1) is 0 Å². The van der Waals surface area contributed by atoms with Crippen LogP contribution in [0.15, 0.2) is 36.4 Å². The molecule has 0 saturated carbocycles. The average Bonchev–Trinajstić information content (AvgIpc) is 2.49. The number of ketones is 1. The highest BCUT2D eigenvalue weighted by molar-refractivity contribution is 5.98. The summed E-state index contributed by atoms with van der Waals surface area (Å²) in [5.41, 5.74) is 1.17. The first kappa shape index (κ1) is 14.7. The molecule has 110 valence electrons. The minimum atomic E-state index is -0.124. The summed E-state index contributed by atoms with van der Waals surface area (Å²) in [5, 5.41) is 19.1. The Hall–Kier alpha value is -2.69. The third-order valence-corrected chi connectivity index (χ3v) is 3.11. The normalized spacial score (nSPS) is 10.2. The van der Waals surface area contributed by atoms with E-state index in [0.717, 1.165) is 5.56 Å². The van der Waals surface area contributed by atoms with Gasteiger partial charge in [0.15, 0.2) is 28.8 Å². The van der Waals surface area contributed by atoms with Gasteiger partial charge in [-0.3, -0.25) is 4.79 Å². The van der Waals surface area contributed by atoms with Crippen LogP contribution in [-0.2, 0) is 6.42 Å². The molecule has 0 amide bonds. The fourth-order valence-electron chi connectivity index (χ4n) is 1.97. The first-order valence-corrected chi connectivity index (χ1v) is 6.31. The quantitative estimate of drug-likeness (QED) is 0.827. The van der Waals surface area contributed by atoms with Crippen molar-refractivity contribution in [1.82, 2.24) is 0 Å². The number of phenols is 2. The number of ether oxygens (including phenoxy) is 2. The van der Waals surface area contributed by atoms with Crippen molar-refractivity contribution in [1.29, 1.82) is 0 Å². The fraction of sp³-hybridized carbons (Fsp3) is 0.188. The van der Waals surface area contributed by atoms with Crippen molar-refractivity contribution in [3.63, 3.8) is 0 Å². The van der Waals surface area contributed by atoms with Crippen molar-refractivity contribution in [2.75, 3.05) is 14.2 Å². The van der Waals surface area contributed by atoms with Crippen LogP contribution in [0.25, 0.3) is 0 Å². The molecule has 0 atom stereocenters. The van der Waals surface area contributed by atoms with Gasteiger partial charge in [-0.15, -0.1) is 0 Å². The minimum absolute atomic E-state index is 0.0136. The second-order valence-corrected chi connectivity index (χ2v) is 4.49. The van der Waals surface area contributed by atoms with Gasteiger partial charge in [-0.2, -0.15) is 0 Å². The maximum atomic E-state index is 12.2. The van der Waals surface area contributed by atoms with E-state index < -0.39 is 0 Å². The molecule has 0 heterocycles. The highest BCUT2D eigenvalue weighted by atomic mass is 16.5. The molecule has 0 fully saturated rings. The molecule has 2 rings (SSSR count). The van der Waals surface area contributed by atoms with Gasteiger partial charge in [-0.05, 0) is 35.9 Å². The Bertz CT molecular complexity index is 664. The lowest BCUT2D eigenvalue weighted by molar-refractivity contribution is 0.0992. The van der Waals surface area contributed by atoms with Crippen LogP contribution in [0.2, 0.25) is 0 Å². The van der Waals surface area contributed by atoms with Crippen molar-refractivity contribution in [2.24, 2.45) is 0 Å². The maximum absolute atomic E-state index is 12.2. The third kappa shape index (κ3) is 3.25. The number of carbonyl (C=O) groups is 1. The van der Waals surface area contributed by atoms with E-state index in [2.05, 4.69) is 0 Å². The van der Waals surface area contributed by atoms with Crippen LogP contribution >= 0.6 is 0 Å². The summed E-state index contributed by atoms with van der Waals surface area (Å²) < 4.78 is 9.99. The molecule has 0 bridgehead atoms. The van der Waals surface area contributed by atoms with E-state index in [0.29, 0.717) is 11.3 Å². The van der Waals surface area contributed by atoms with Crippen LogP contribution in [-0.4, -0.2) is 30.2 Å². The Balaban J connectivity index is 2.21. The predicted octanol–water partition coefficient (Wildman–Crippen LogP) is 2.54. The topological polar surface area (TPSA) is 76.0 Å². The van der Waals surface area contributed by atoms with E-state index in [4.69, 9.17) is 9.47 Å². The molecule has 2 N–H and O–H groups in total. The highest BCUT2D eigenvalue weighted by Crippen LogP contribution is 2.29. The molecular weight excluding hydrogens is 272 g/mol. The number of rotatable bonds is 5. The van der Waals surface area contributed by atoms with Gasteiger partial charge in [-0.25, -0.2) is 0 Å². The van der Waals surface area contributed by atoms with E-state index in [-0.39, 0.29) is 29.5 Å². The number of Topliss-reactive ketones (excluding diaryl/α,β-unsaturated/α-hetero) is 1. The van der Waals surface area contributed by atoms with Gasteiger partial charge < -0.3 is 19.7 Å². The Kier molecular flexibility index (Phi) is 4.33. The number of carbonyl (C=O) groups excluding carboxylic acids is 1. The first-order valence-electron chi connectivity index (χ1n) is 6.31. The van der Waals surface area contributed by atoms with Crippen LogP contribution in [0.3, 0.4) is 0 Å². The van der Waals surface area contributed by atoms with Gasteiger partial charge in [0.05, 0.1) is 14.2 Å². The summed E-state index contributed by atoms with van der Waals surface area (Å²) in [6, 6.07) is 9.22. The standard InChI is InChI=1S/C16H16O5/c1-20-15-8-10(3-5-12(15)17)7-14(19)11-4-6-13(18)16(9-11)21-2/h3-6,8-9,17-18H,7H2,1-2H3. The summed E-state index contributed by atoms with van der Waals surface area (Å²) >= 11 is 0. The molecule has 0 unspecified atom stereocenters. The van der Waals surface area contributed by atoms with Crippen LogP contribution < -0.4 is 9.47 Å². The summed E-state index contributed by atoms with van der Waals surface area (Å²) in [4.78, 5) is 12.2. The molecule has 2 aromatic carbocycles. The van der Waals surface area contributed by atoms with Gasteiger partial charge in [0.1, 0.15) is 0 Å². The largest absolute Gasteiger partial charge is 0.504 e. The molecule has 5 heteroatoms. The van der Waals surface area contributed by atoms with Gasteiger partial charge in [0, 0.05) is 12.0 Å². The molecule has 0 saturated heterocycles. The van der Waals surface area contributed by atoms with E-state index in [9.17, 15) is 15.0 Å². The van der Waals surface area contributed by atoms with E-state index >= 15 is 0 Å². The summed E-state index contributed by atoms with van der Waals surface area (Å²) in [6.45, 7) is 0. The molecule has 0 aliphatic rings. The zero-order valence-electron chi connectivity index (χ0n) is 11.8. The Labute approximate surface area is 122 Å². The van der Waals surface area contributed by atoms with Crippen molar-refractivity contribution in [2.45, 2.75) is 6.42 Å². The molecule has 0 spiro atoms. The average molecular weight is 288 g/mol. The lowest BCUT2D eigenvalue weighted by Crippen LogP contribution is -2.04. The maximum Gasteiger partial charge on any atom is 0.167 e. The summed E-state index contributed by atoms with van der Waals surface area (Å²) in [6.07, 6.45) is 0.157. The summed E-state index contributed by atoms with van der Waals surface area (Å²) in [7, 11) is 2.87. The number of methoxy groups -OCH3 is 2. The monoisotopic (exact) mass is 288 g/mol. The molecule has 0 aromatic heterocycles. The number of benzene rings is 2. The Morgan fingerprint density at radius 1 is 0.952 bits per heavy atom. The van der Waals surface area contributed by atoms with Crippen LogP contribution in [0.5, 0.6) is 23.0 Å². The van der Waals surface area contributed by atoms with Gasteiger partial charge in [0.2, 0.25) is 0 Å². The highest BCUT2D eigenvalue weighted by Gasteiger charge is 2.12. The Morgan fingerprint density at radius 2 is 1.52 bits per heavy atom. The van der Waals surface area contributed by atoms with Crippen molar-refractivity contribution in [3.05, 3.63) is 47.5 Å². The molecule has 0 aliphatic heterocycles. The second-order valence-electron chi connectivity index (χ2n) is 4.49. The molecule has 5 nitrogen and oxygen atoms in total. The minimum Gasteiger partial charge on any atom is -0.504 e. The molecule has 2 aromatic rings. The first-order chi connectivity index (χ1) is 10.0.